The Labute approximate surface area is 129 Å². The van der Waals surface area contributed by atoms with Gasteiger partial charge in [-0.1, -0.05) is 0 Å². The molecule has 114 valence electrons. The van der Waals surface area contributed by atoms with E-state index in [4.69, 9.17) is 0 Å². The summed E-state index contributed by atoms with van der Waals surface area (Å²) in [6.07, 6.45) is 3.47. The minimum Gasteiger partial charge on any atom is -0.383 e. The minimum atomic E-state index is -3.43. The van der Waals surface area contributed by atoms with E-state index in [9.17, 15) is 8.42 Å². The Morgan fingerprint density at radius 1 is 1.24 bits per heavy atom. The zero-order valence-corrected chi connectivity index (χ0v) is 13.9. The summed E-state index contributed by atoms with van der Waals surface area (Å²) >= 11 is 1.49. The molecular weight excluding hydrogens is 306 g/mol. The number of hydrogen-bond acceptors (Lipinski definition) is 5. The first kappa shape index (κ1) is 15.9. The standard InChI is InChI=1S/C14H19N3O2S2/c1-10-9-15-5-4-13(10)16-6-7-17-21(18,19)14-8-11(2)20-12(14)3/h4-5,8-9,17H,6-7H2,1-3H3,(H,15,16). The number of pyridine rings is 1. The largest absolute Gasteiger partial charge is 0.383 e. The topological polar surface area (TPSA) is 71.1 Å². The zero-order chi connectivity index (χ0) is 15.5. The molecule has 2 rings (SSSR count). The van der Waals surface area contributed by atoms with Crippen molar-refractivity contribution in [2.75, 3.05) is 18.4 Å². The van der Waals surface area contributed by atoms with E-state index in [2.05, 4.69) is 15.0 Å². The van der Waals surface area contributed by atoms with Crippen molar-refractivity contribution in [3.05, 3.63) is 39.8 Å². The summed E-state index contributed by atoms with van der Waals surface area (Å²) in [6, 6.07) is 3.58. The van der Waals surface area contributed by atoms with Crippen LogP contribution in [0.15, 0.2) is 29.4 Å². The highest BCUT2D eigenvalue weighted by Gasteiger charge is 2.18. The smallest absolute Gasteiger partial charge is 0.241 e. The molecule has 0 saturated heterocycles. The highest BCUT2D eigenvalue weighted by molar-refractivity contribution is 7.89. The van der Waals surface area contributed by atoms with Gasteiger partial charge in [0.2, 0.25) is 10.0 Å². The number of aromatic nitrogens is 1. The van der Waals surface area contributed by atoms with Crippen LogP contribution in [0.2, 0.25) is 0 Å². The van der Waals surface area contributed by atoms with Gasteiger partial charge in [-0.05, 0) is 38.5 Å². The molecule has 0 aliphatic rings. The van der Waals surface area contributed by atoms with Gasteiger partial charge in [0.05, 0.1) is 4.90 Å². The molecule has 2 N–H and O–H groups in total. The van der Waals surface area contributed by atoms with E-state index in [-0.39, 0.29) is 0 Å². The van der Waals surface area contributed by atoms with Gasteiger partial charge in [-0.2, -0.15) is 0 Å². The number of anilines is 1. The average molecular weight is 325 g/mol. The van der Waals surface area contributed by atoms with Crippen molar-refractivity contribution in [2.24, 2.45) is 0 Å². The molecule has 5 nitrogen and oxygen atoms in total. The fourth-order valence-electron chi connectivity index (χ4n) is 2.01. The van der Waals surface area contributed by atoms with Crippen LogP contribution in [0.1, 0.15) is 15.3 Å². The summed E-state index contributed by atoms with van der Waals surface area (Å²) in [4.78, 5) is 6.21. The Kier molecular flexibility index (Phi) is 4.97. The molecule has 2 aromatic rings. The van der Waals surface area contributed by atoms with E-state index in [1.165, 1.54) is 11.3 Å². The highest BCUT2D eigenvalue weighted by Crippen LogP contribution is 2.24. The highest BCUT2D eigenvalue weighted by atomic mass is 32.2. The molecule has 0 aliphatic carbocycles. The number of hydrogen-bond donors (Lipinski definition) is 2. The number of aryl methyl sites for hydroxylation is 3. The number of sulfonamides is 1. The molecule has 0 amide bonds. The Morgan fingerprint density at radius 3 is 2.62 bits per heavy atom. The van der Waals surface area contributed by atoms with E-state index >= 15 is 0 Å². The summed E-state index contributed by atoms with van der Waals surface area (Å²) in [5.41, 5.74) is 2.00. The summed E-state index contributed by atoms with van der Waals surface area (Å²) < 4.78 is 27.0. The number of rotatable bonds is 6. The lowest BCUT2D eigenvalue weighted by molar-refractivity contribution is 0.582. The van der Waals surface area contributed by atoms with E-state index in [0.717, 1.165) is 21.0 Å². The maximum Gasteiger partial charge on any atom is 0.241 e. The molecule has 7 heteroatoms. The predicted molar refractivity (Wildman–Crippen MR) is 86.4 cm³/mol. The van der Waals surface area contributed by atoms with Gasteiger partial charge in [-0.3, -0.25) is 4.98 Å². The molecule has 0 radical (unpaired) electrons. The van der Waals surface area contributed by atoms with Crippen LogP contribution in [0.4, 0.5) is 5.69 Å². The third-order valence-electron chi connectivity index (χ3n) is 3.04. The van der Waals surface area contributed by atoms with Crippen molar-refractivity contribution < 1.29 is 8.42 Å². The van der Waals surface area contributed by atoms with Crippen LogP contribution >= 0.6 is 11.3 Å². The fourth-order valence-corrected chi connectivity index (χ4v) is 4.59. The quantitative estimate of drug-likeness (QED) is 0.800. The van der Waals surface area contributed by atoms with Gasteiger partial charge < -0.3 is 5.32 Å². The van der Waals surface area contributed by atoms with Crippen LogP contribution in [-0.2, 0) is 10.0 Å². The molecule has 0 spiro atoms. The maximum absolute atomic E-state index is 12.2. The molecule has 0 fully saturated rings. The predicted octanol–water partition coefficient (Wildman–Crippen LogP) is 2.46. The lowest BCUT2D eigenvalue weighted by atomic mass is 10.2. The molecule has 2 aromatic heterocycles. The molecule has 0 aliphatic heterocycles. The van der Waals surface area contributed by atoms with Crippen LogP contribution in [0.3, 0.4) is 0 Å². The summed E-state index contributed by atoms with van der Waals surface area (Å²) in [5.74, 6) is 0. The van der Waals surface area contributed by atoms with Gasteiger partial charge >= 0.3 is 0 Å². The van der Waals surface area contributed by atoms with Gasteiger partial charge in [-0.25, -0.2) is 13.1 Å². The van der Waals surface area contributed by atoms with Gasteiger partial charge in [0.1, 0.15) is 0 Å². The van der Waals surface area contributed by atoms with Crippen molar-refractivity contribution in [1.29, 1.82) is 0 Å². The normalized spacial score (nSPS) is 11.6. The molecule has 0 aromatic carbocycles. The molecule has 0 saturated carbocycles. The van der Waals surface area contributed by atoms with E-state index in [0.29, 0.717) is 18.0 Å². The van der Waals surface area contributed by atoms with E-state index in [1.807, 2.05) is 26.8 Å². The number of thiophene rings is 1. The molecule has 0 unspecified atom stereocenters. The molecule has 2 heterocycles. The molecule has 0 atom stereocenters. The second kappa shape index (κ2) is 6.55. The molecular formula is C14H19N3O2S2. The van der Waals surface area contributed by atoms with Crippen LogP contribution in [-0.4, -0.2) is 26.5 Å². The number of nitrogens with zero attached hydrogens (tertiary/aromatic N) is 1. The Hall–Kier alpha value is -1.44. The van der Waals surface area contributed by atoms with Crippen LogP contribution in [0.25, 0.3) is 0 Å². The maximum atomic E-state index is 12.2. The first-order valence-corrected chi connectivity index (χ1v) is 8.91. The van der Waals surface area contributed by atoms with Crippen molar-refractivity contribution in [3.63, 3.8) is 0 Å². The third kappa shape index (κ3) is 4.03. The van der Waals surface area contributed by atoms with E-state index in [1.54, 1.807) is 18.5 Å². The Morgan fingerprint density at radius 2 is 2.00 bits per heavy atom. The molecule has 0 bridgehead atoms. The van der Waals surface area contributed by atoms with Gasteiger partial charge in [0.25, 0.3) is 0 Å². The summed E-state index contributed by atoms with van der Waals surface area (Å²) in [7, 11) is -3.43. The van der Waals surface area contributed by atoms with Gasteiger partial charge in [0, 0.05) is 40.9 Å². The third-order valence-corrected chi connectivity index (χ3v) is 5.72. The Balaban J connectivity index is 1.91. The zero-order valence-electron chi connectivity index (χ0n) is 12.3. The van der Waals surface area contributed by atoms with Gasteiger partial charge in [0.15, 0.2) is 0 Å². The van der Waals surface area contributed by atoms with Crippen LogP contribution in [0.5, 0.6) is 0 Å². The Bertz CT molecular complexity index is 724. The lowest BCUT2D eigenvalue weighted by Gasteiger charge is -2.10. The fraction of sp³-hybridized carbons (Fsp3) is 0.357. The summed E-state index contributed by atoms with van der Waals surface area (Å²) in [5, 5.41) is 3.19. The number of nitrogens with one attached hydrogen (secondary N) is 2. The van der Waals surface area contributed by atoms with Crippen LogP contribution in [0, 0.1) is 20.8 Å². The second-order valence-corrected chi connectivity index (χ2v) is 7.99. The lowest BCUT2D eigenvalue weighted by Crippen LogP contribution is -2.29. The molecule has 21 heavy (non-hydrogen) atoms. The minimum absolute atomic E-state index is 0.332. The van der Waals surface area contributed by atoms with E-state index < -0.39 is 10.0 Å². The van der Waals surface area contributed by atoms with Crippen molar-refractivity contribution in [3.8, 4) is 0 Å². The first-order valence-electron chi connectivity index (χ1n) is 6.61. The summed E-state index contributed by atoms with van der Waals surface area (Å²) in [6.45, 7) is 6.54. The van der Waals surface area contributed by atoms with Crippen molar-refractivity contribution >= 4 is 27.0 Å². The van der Waals surface area contributed by atoms with Gasteiger partial charge in [-0.15, -0.1) is 11.3 Å². The monoisotopic (exact) mass is 325 g/mol. The first-order chi connectivity index (χ1) is 9.90. The van der Waals surface area contributed by atoms with Crippen LogP contribution < -0.4 is 10.0 Å². The van der Waals surface area contributed by atoms with Crippen molar-refractivity contribution in [1.82, 2.24) is 9.71 Å². The SMILES string of the molecule is Cc1cc(S(=O)(=O)NCCNc2ccncc2C)c(C)s1. The second-order valence-electron chi connectivity index (χ2n) is 4.79. The van der Waals surface area contributed by atoms with Crippen molar-refractivity contribution in [2.45, 2.75) is 25.7 Å². The average Bonchev–Trinajstić information content (AvgIpc) is 2.76.